The Bertz CT molecular complexity index is 602. The molecule has 1 heterocycles. The molecule has 1 N–H and O–H groups in total. The summed E-state index contributed by atoms with van der Waals surface area (Å²) < 4.78 is 14.9. The minimum atomic E-state index is -0.316. The molecular formula is C12H10Br2FN3. The second-order valence-corrected chi connectivity index (χ2v) is 5.32. The SMILES string of the molecule is CNc1nc(-c2cc(F)ccc2Br)nc(C)c1Br. The molecule has 0 saturated carbocycles. The van der Waals surface area contributed by atoms with E-state index in [0.29, 0.717) is 17.2 Å². The van der Waals surface area contributed by atoms with E-state index in [1.165, 1.54) is 12.1 Å². The lowest BCUT2D eigenvalue weighted by molar-refractivity contribution is 0.628. The maximum absolute atomic E-state index is 13.3. The molecule has 0 aliphatic rings. The lowest BCUT2D eigenvalue weighted by Crippen LogP contribution is -2.01. The number of hydrogen-bond acceptors (Lipinski definition) is 3. The van der Waals surface area contributed by atoms with Crippen LogP contribution >= 0.6 is 31.9 Å². The average molecular weight is 375 g/mol. The topological polar surface area (TPSA) is 37.8 Å². The second-order valence-electron chi connectivity index (χ2n) is 3.67. The second kappa shape index (κ2) is 5.32. The van der Waals surface area contributed by atoms with E-state index in [0.717, 1.165) is 14.6 Å². The molecule has 0 unspecified atom stereocenters. The zero-order chi connectivity index (χ0) is 13.3. The van der Waals surface area contributed by atoms with Gasteiger partial charge in [0.25, 0.3) is 0 Å². The fraction of sp³-hybridized carbons (Fsp3) is 0.167. The molecule has 2 rings (SSSR count). The molecule has 2 aromatic rings. The van der Waals surface area contributed by atoms with Crippen molar-refractivity contribution in [2.24, 2.45) is 0 Å². The first-order valence-electron chi connectivity index (χ1n) is 5.20. The predicted octanol–water partition coefficient (Wildman–Crippen LogP) is 4.16. The molecule has 0 aliphatic heterocycles. The highest BCUT2D eigenvalue weighted by atomic mass is 79.9. The molecule has 6 heteroatoms. The molecule has 0 aliphatic carbocycles. The van der Waals surface area contributed by atoms with Gasteiger partial charge in [-0.25, -0.2) is 14.4 Å². The van der Waals surface area contributed by atoms with Crippen molar-refractivity contribution in [1.29, 1.82) is 0 Å². The van der Waals surface area contributed by atoms with Gasteiger partial charge in [-0.15, -0.1) is 0 Å². The molecule has 3 nitrogen and oxygen atoms in total. The van der Waals surface area contributed by atoms with Crippen LogP contribution in [0.15, 0.2) is 27.1 Å². The number of rotatable bonds is 2. The van der Waals surface area contributed by atoms with Gasteiger partial charge in [-0.05, 0) is 41.1 Å². The standard InChI is InChI=1S/C12H10Br2FN3/c1-6-10(14)12(16-2)18-11(17-6)8-5-7(15)3-4-9(8)13/h3-5H,1-2H3,(H,16,17,18). The third-order valence-electron chi connectivity index (χ3n) is 2.42. The van der Waals surface area contributed by atoms with Crippen LogP contribution in [0.3, 0.4) is 0 Å². The lowest BCUT2D eigenvalue weighted by Gasteiger charge is -2.09. The third kappa shape index (κ3) is 2.54. The third-order valence-corrected chi connectivity index (χ3v) is 4.06. The Morgan fingerprint density at radius 3 is 2.61 bits per heavy atom. The number of nitrogens with one attached hydrogen (secondary N) is 1. The van der Waals surface area contributed by atoms with Gasteiger partial charge in [0, 0.05) is 17.1 Å². The lowest BCUT2D eigenvalue weighted by atomic mass is 10.2. The van der Waals surface area contributed by atoms with Gasteiger partial charge in [-0.3, -0.25) is 0 Å². The molecule has 0 atom stereocenters. The van der Waals surface area contributed by atoms with Crippen LogP contribution in [0.1, 0.15) is 5.69 Å². The van der Waals surface area contributed by atoms with Crippen LogP contribution in [0, 0.1) is 12.7 Å². The van der Waals surface area contributed by atoms with E-state index in [1.807, 2.05) is 6.92 Å². The number of aryl methyl sites for hydroxylation is 1. The predicted molar refractivity (Wildman–Crippen MR) is 77.1 cm³/mol. The Hall–Kier alpha value is -1.01. The summed E-state index contributed by atoms with van der Waals surface area (Å²) in [7, 11) is 1.77. The van der Waals surface area contributed by atoms with E-state index >= 15 is 0 Å². The zero-order valence-corrected chi connectivity index (χ0v) is 12.9. The van der Waals surface area contributed by atoms with Crippen molar-refractivity contribution in [3.8, 4) is 11.4 Å². The molecule has 0 bridgehead atoms. The first-order valence-corrected chi connectivity index (χ1v) is 6.79. The molecule has 18 heavy (non-hydrogen) atoms. The van der Waals surface area contributed by atoms with Gasteiger partial charge in [0.2, 0.25) is 0 Å². The van der Waals surface area contributed by atoms with E-state index in [9.17, 15) is 4.39 Å². The minimum absolute atomic E-state index is 0.316. The average Bonchev–Trinajstić information content (AvgIpc) is 2.35. The first kappa shape index (κ1) is 13.4. The summed E-state index contributed by atoms with van der Waals surface area (Å²) in [6, 6.07) is 4.44. The molecule has 0 fully saturated rings. The monoisotopic (exact) mass is 373 g/mol. The van der Waals surface area contributed by atoms with Crippen molar-refractivity contribution in [3.05, 3.63) is 38.7 Å². The van der Waals surface area contributed by atoms with Crippen LogP contribution in [0.5, 0.6) is 0 Å². The van der Waals surface area contributed by atoms with Gasteiger partial charge in [0.05, 0.1) is 10.2 Å². The number of benzene rings is 1. The van der Waals surface area contributed by atoms with E-state index in [1.54, 1.807) is 13.1 Å². The summed E-state index contributed by atoms with van der Waals surface area (Å²) in [4.78, 5) is 8.72. The molecule has 0 radical (unpaired) electrons. The molecule has 0 spiro atoms. The van der Waals surface area contributed by atoms with Crippen LogP contribution in [0.2, 0.25) is 0 Å². The summed E-state index contributed by atoms with van der Waals surface area (Å²) >= 11 is 6.78. The number of halogens is 3. The summed E-state index contributed by atoms with van der Waals surface area (Å²) in [6.07, 6.45) is 0. The fourth-order valence-corrected chi connectivity index (χ4v) is 2.31. The highest BCUT2D eigenvalue weighted by Gasteiger charge is 2.12. The van der Waals surface area contributed by atoms with Gasteiger partial charge in [-0.2, -0.15) is 0 Å². The van der Waals surface area contributed by atoms with Gasteiger partial charge in [0.15, 0.2) is 5.82 Å². The largest absolute Gasteiger partial charge is 0.372 e. The molecule has 1 aromatic heterocycles. The highest BCUT2D eigenvalue weighted by Crippen LogP contribution is 2.30. The number of anilines is 1. The van der Waals surface area contributed by atoms with Gasteiger partial charge in [-0.1, -0.05) is 15.9 Å². The Balaban J connectivity index is 2.64. The van der Waals surface area contributed by atoms with Crippen molar-refractivity contribution >= 4 is 37.7 Å². The summed E-state index contributed by atoms with van der Waals surface area (Å²) in [5.41, 5.74) is 1.42. The summed E-state index contributed by atoms with van der Waals surface area (Å²) in [6.45, 7) is 1.86. The summed E-state index contributed by atoms with van der Waals surface area (Å²) in [5.74, 6) is 0.837. The highest BCUT2D eigenvalue weighted by molar-refractivity contribution is 9.11. The van der Waals surface area contributed by atoms with E-state index in [-0.39, 0.29) is 5.82 Å². The van der Waals surface area contributed by atoms with Crippen LogP contribution < -0.4 is 5.32 Å². The van der Waals surface area contributed by atoms with Crippen LogP contribution in [0.25, 0.3) is 11.4 Å². The van der Waals surface area contributed by atoms with Crippen molar-refractivity contribution in [3.63, 3.8) is 0 Å². The zero-order valence-electron chi connectivity index (χ0n) is 9.76. The van der Waals surface area contributed by atoms with Gasteiger partial charge in [0.1, 0.15) is 11.6 Å². The van der Waals surface area contributed by atoms with Crippen molar-refractivity contribution in [2.75, 3.05) is 12.4 Å². The van der Waals surface area contributed by atoms with Gasteiger partial charge < -0.3 is 5.32 Å². The normalized spacial score (nSPS) is 10.5. The van der Waals surface area contributed by atoms with Crippen LogP contribution in [-0.4, -0.2) is 17.0 Å². The van der Waals surface area contributed by atoms with Crippen molar-refractivity contribution in [2.45, 2.75) is 6.92 Å². The smallest absolute Gasteiger partial charge is 0.163 e. The van der Waals surface area contributed by atoms with Crippen LogP contribution in [0.4, 0.5) is 10.2 Å². The van der Waals surface area contributed by atoms with Gasteiger partial charge >= 0.3 is 0 Å². The maximum Gasteiger partial charge on any atom is 0.163 e. The Labute approximate surface area is 121 Å². The van der Waals surface area contributed by atoms with E-state index in [4.69, 9.17) is 0 Å². The molecule has 1 aromatic carbocycles. The Kier molecular flexibility index (Phi) is 3.97. The molecule has 0 amide bonds. The fourth-order valence-electron chi connectivity index (χ4n) is 1.51. The van der Waals surface area contributed by atoms with Crippen molar-refractivity contribution in [1.82, 2.24) is 9.97 Å². The molecule has 94 valence electrons. The van der Waals surface area contributed by atoms with E-state index in [2.05, 4.69) is 47.1 Å². The molecular weight excluding hydrogens is 365 g/mol. The minimum Gasteiger partial charge on any atom is -0.372 e. The first-order chi connectivity index (χ1) is 8.52. The van der Waals surface area contributed by atoms with Crippen molar-refractivity contribution < 1.29 is 4.39 Å². The number of hydrogen-bond donors (Lipinski definition) is 1. The maximum atomic E-state index is 13.3. The number of aromatic nitrogens is 2. The quantitative estimate of drug-likeness (QED) is 0.857. The van der Waals surface area contributed by atoms with Crippen LogP contribution in [-0.2, 0) is 0 Å². The molecule has 0 saturated heterocycles. The number of nitrogens with zero attached hydrogens (tertiary/aromatic N) is 2. The summed E-state index contributed by atoms with van der Waals surface area (Å²) in [5, 5.41) is 2.97. The Morgan fingerprint density at radius 2 is 1.94 bits per heavy atom. The van der Waals surface area contributed by atoms with E-state index < -0.39 is 0 Å². The Morgan fingerprint density at radius 1 is 1.22 bits per heavy atom.